The third-order valence-corrected chi connectivity index (χ3v) is 3.33. The van der Waals surface area contributed by atoms with Crippen LogP contribution in [0.3, 0.4) is 0 Å². The summed E-state index contributed by atoms with van der Waals surface area (Å²) >= 11 is 0. The number of carbonyl (C=O) groups is 1. The van der Waals surface area contributed by atoms with Crippen LogP contribution in [0.2, 0.25) is 0 Å². The number of para-hydroxylation sites is 1. The van der Waals surface area contributed by atoms with Crippen LogP contribution in [0.15, 0.2) is 24.3 Å². The Morgan fingerprint density at radius 3 is 2.59 bits per heavy atom. The van der Waals surface area contributed by atoms with Crippen molar-refractivity contribution in [3.8, 4) is 5.75 Å². The van der Waals surface area contributed by atoms with E-state index in [2.05, 4.69) is 0 Å². The van der Waals surface area contributed by atoms with Gasteiger partial charge in [-0.05, 0) is 37.8 Å². The molecule has 1 saturated carbocycles. The van der Waals surface area contributed by atoms with Gasteiger partial charge in [-0.25, -0.2) is 0 Å². The fourth-order valence-corrected chi connectivity index (χ4v) is 2.20. The minimum absolute atomic E-state index is 0.124. The molecule has 3 nitrogen and oxygen atoms in total. The van der Waals surface area contributed by atoms with Crippen molar-refractivity contribution >= 4 is 5.91 Å². The lowest BCUT2D eigenvalue weighted by molar-refractivity contribution is 0.0788. The van der Waals surface area contributed by atoms with E-state index in [0.717, 1.165) is 50.1 Å². The number of benzene rings is 1. The summed E-state index contributed by atoms with van der Waals surface area (Å²) in [5, 5.41) is 0. The second-order valence-corrected chi connectivity index (χ2v) is 4.81. The molecule has 1 aromatic rings. The molecule has 0 atom stereocenters. The zero-order valence-corrected chi connectivity index (χ0v) is 9.89. The molecule has 3 heteroatoms. The predicted octanol–water partition coefficient (Wildman–Crippen LogP) is 2.46. The molecule has 17 heavy (non-hydrogen) atoms. The van der Waals surface area contributed by atoms with Gasteiger partial charge in [0.2, 0.25) is 0 Å². The summed E-state index contributed by atoms with van der Waals surface area (Å²) in [6.45, 7) is 1.77. The normalized spacial score (nSPS) is 19.4. The number of nitrogens with zero attached hydrogens (tertiary/aromatic N) is 1. The van der Waals surface area contributed by atoms with Crippen LogP contribution in [-0.4, -0.2) is 30.0 Å². The first-order chi connectivity index (χ1) is 8.34. The van der Waals surface area contributed by atoms with Gasteiger partial charge in [-0.15, -0.1) is 0 Å². The van der Waals surface area contributed by atoms with Crippen LogP contribution < -0.4 is 4.74 Å². The van der Waals surface area contributed by atoms with Crippen molar-refractivity contribution in [1.29, 1.82) is 0 Å². The summed E-state index contributed by atoms with van der Waals surface area (Å²) in [7, 11) is 0. The standard InChI is InChI=1S/C14H17NO2/c16-14(15-9-3-4-10-15)12-5-1-2-6-13(12)17-11-7-8-11/h1-2,5-6,11H,3-4,7-10H2. The number of carbonyl (C=O) groups excluding carboxylic acids is 1. The van der Waals surface area contributed by atoms with Crippen LogP contribution in [0.5, 0.6) is 5.75 Å². The number of ether oxygens (including phenoxy) is 1. The summed E-state index contributed by atoms with van der Waals surface area (Å²) in [5.41, 5.74) is 0.723. The molecule has 1 aliphatic carbocycles. The topological polar surface area (TPSA) is 29.5 Å². The summed E-state index contributed by atoms with van der Waals surface area (Å²) in [4.78, 5) is 14.2. The number of hydrogen-bond acceptors (Lipinski definition) is 2. The smallest absolute Gasteiger partial charge is 0.257 e. The van der Waals surface area contributed by atoms with E-state index in [1.54, 1.807) is 0 Å². The largest absolute Gasteiger partial charge is 0.490 e. The number of rotatable bonds is 3. The fraction of sp³-hybridized carbons (Fsp3) is 0.500. The summed E-state index contributed by atoms with van der Waals surface area (Å²) in [5.74, 6) is 0.880. The van der Waals surface area contributed by atoms with Gasteiger partial charge < -0.3 is 9.64 Å². The highest BCUT2D eigenvalue weighted by atomic mass is 16.5. The fourth-order valence-electron chi connectivity index (χ4n) is 2.20. The van der Waals surface area contributed by atoms with E-state index in [4.69, 9.17) is 4.74 Å². The molecule has 3 rings (SSSR count). The molecule has 0 N–H and O–H groups in total. The molecular weight excluding hydrogens is 214 g/mol. The maximum Gasteiger partial charge on any atom is 0.257 e. The number of hydrogen-bond donors (Lipinski definition) is 0. The lowest BCUT2D eigenvalue weighted by Gasteiger charge is -2.17. The minimum atomic E-state index is 0.124. The van der Waals surface area contributed by atoms with E-state index in [1.165, 1.54) is 0 Å². The SMILES string of the molecule is O=C(c1ccccc1OC1CC1)N1CCCC1. The lowest BCUT2D eigenvalue weighted by atomic mass is 10.2. The first kappa shape index (κ1) is 10.6. The van der Waals surface area contributed by atoms with E-state index < -0.39 is 0 Å². The minimum Gasteiger partial charge on any atom is -0.490 e. The summed E-state index contributed by atoms with van der Waals surface area (Å²) in [6, 6.07) is 7.61. The Morgan fingerprint density at radius 2 is 1.88 bits per heavy atom. The predicted molar refractivity (Wildman–Crippen MR) is 65.2 cm³/mol. The van der Waals surface area contributed by atoms with Gasteiger partial charge in [0.15, 0.2) is 0 Å². The molecule has 1 aliphatic heterocycles. The maximum absolute atomic E-state index is 12.3. The monoisotopic (exact) mass is 231 g/mol. The van der Waals surface area contributed by atoms with Gasteiger partial charge in [-0.2, -0.15) is 0 Å². The van der Waals surface area contributed by atoms with Crippen LogP contribution in [0.1, 0.15) is 36.0 Å². The highest BCUT2D eigenvalue weighted by Gasteiger charge is 2.27. The van der Waals surface area contributed by atoms with E-state index in [1.807, 2.05) is 29.2 Å². The van der Waals surface area contributed by atoms with E-state index in [0.29, 0.717) is 6.10 Å². The second kappa shape index (κ2) is 4.40. The zero-order chi connectivity index (χ0) is 11.7. The Morgan fingerprint density at radius 1 is 1.18 bits per heavy atom. The molecule has 0 unspecified atom stereocenters. The quantitative estimate of drug-likeness (QED) is 0.799. The van der Waals surface area contributed by atoms with E-state index in [9.17, 15) is 4.79 Å². The van der Waals surface area contributed by atoms with Crippen LogP contribution in [-0.2, 0) is 0 Å². The average molecular weight is 231 g/mol. The van der Waals surface area contributed by atoms with Gasteiger partial charge in [0.05, 0.1) is 11.7 Å². The molecule has 2 fully saturated rings. The average Bonchev–Trinajstić information content (AvgIpc) is 3.00. The molecule has 1 amide bonds. The van der Waals surface area contributed by atoms with Gasteiger partial charge in [0, 0.05) is 13.1 Å². The molecule has 1 heterocycles. The number of amides is 1. The maximum atomic E-state index is 12.3. The third kappa shape index (κ3) is 2.28. The van der Waals surface area contributed by atoms with Crippen LogP contribution in [0, 0.1) is 0 Å². The van der Waals surface area contributed by atoms with Crippen molar-refractivity contribution in [2.75, 3.05) is 13.1 Å². The van der Waals surface area contributed by atoms with E-state index in [-0.39, 0.29) is 5.91 Å². The molecular formula is C14H17NO2. The zero-order valence-electron chi connectivity index (χ0n) is 9.89. The van der Waals surface area contributed by atoms with Gasteiger partial charge in [-0.1, -0.05) is 12.1 Å². The van der Waals surface area contributed by atoms with Gasteiger partial charge in [-0.3, -0.25) is 4.79 Å². The first-order valence-corrected chi connectivity index (χ1v) is 6.39. The van der Waals surface area contributed by atoms with Crippen molar-refractivity contribution in [3.05, 3.63) is 29.8 Å². The molecule has 0 spiro atoms. The van der Waals surface area contributed by atoms with Crippen molar-refractivity contribution in [3.63, 3.8) is 0 Å². The Bertz CT molecular complexity index is 420. The van der Waals surface area contributed by atoms with Crippen LogP contribution in [0.25, 0.3) is 0 Å². The Labute approximate surface area is 101 Å². The van der Waals surface area contributed by atoms with Crippen molar-refractivity contribution in [1.82, 2.24) is 4.90 Å². The molecule has 0 aromatic heterocycles. The highest BCUT2D eigenvalue weighted by Crippen LogP contribution is 2.30. The van der Waals surface area contributed by atoms with Crippen molar-refractivity contribution < 1.29 is 9.53 Å². The summed E-state index contributed by atoms with van der Waals surface area (Å²) < 4.78 is 5.79. The molecule has 0 radical (unpaired) electrons. The van der Waals surface area contributed by atoms with Gasteiger partial charge in [0.25, 0.3) is 5.91 Å². The number of likely N-dealkylation sites (tertiary alicyclic amines) is 1. The highest BCUT2D eigenvalue weighted by molar-refractivity contribution is 5.97. The van der Waals surface area contributed by atoms with Crippen molar-refractivity contribution in [2.45, 2.75) is 31.8 Å². The third-order valence-electron chi connectivity index (χ3n) is 3.33. The Balaban J connectivity index is 1.81. The van der Waals surface area contributed by atoms with Gasteiger partial charge in [0.1, 0.15) is 5.75 Å². The molecule has 2 aliphatic rings. The van der Waals surface area contributed by atoms with Crippen LogP contribution >= 0.6 is 0 Å². The first-order valence-electron chi connectivity index (χ1n) is 6.39. The second-order valence-electron chi connectivity index (χ2n) is 4.81. The van der Waals surface area contributed by atoms with Crippen molar-refractivity contribution in [2.24, 2.45) is 0 Å². The Kier molecular flexibility index (Phi) is 2.75. The van der Waals surface area contributed by atoms with Crippen LogP contribution in [0.4, 0.5) is 0 Å². The summed E-state index contributed by atoms with van der Waals surface area (Å²) in [6.07, 6.45) is 4.82. The molecule has 1 saturated heterocycles. The Hall–Kier alpha value is -1.51. The lowest BCUT2D eigenvalue weighted by Crippen LogP contribution is -2.28. The van der Waals surface area contributed by atoms with Gasteiger partial charge >= 0.3 is 0 Å². The molecule has 0 bridgehead atoms. The molecule has 90 valence electrons. The molecule has 1 aromatic carbocycles. The van der Waals surface area contributed by atoms with E-state index >= 15 is 0 Å².